The van der Waals surface area contributed by atoms with Crippen molar-refractivity contribution in [3.63, 3.8) is 0 Å². The molecule has 1 aliphatic rings. The van der Waals surface area contributed by atoms with Crippen LogP contribution in [0.2, 0.25) is 0 Å². The van der Waals surface area contributed by atoms with Crippen LogP contribution in [0.3, 0.4) is 0 Å². The lowest BCUT2D eigenvalue weighted by atomic mass is 9.92. The molecule has 166 valence electrons. The molecule has 1 heterocycles. The molecule has 0 aliphatic carbocycles. The number of nitrogens with one attached hydrogen (secondary N) is 2. The van der Waals surface area contributed by atoms with Gasteiger partial charge in [0, 0.05) is 46.4 Å². The molecule has 0 aromatic heterocycles. The Bertz CT molecular complexity index is 590. The van der Waals surface area contributed by atoms with E-state index < -0.39 is 0 Å². The predicted octanol–water partition coefficient (Wildman–Crippen LogP) is 3.25. The van der Waals surface area contributed by atoms with Gasteiger partial charge in [0.15, 0.2) is 5.96 Å². The van der Waals surface area contributed by atoms with Crippen LogP contribution in [0.1, 0.15) is 37.8 Å². The van der Waals surface area contributed by atoms with Gasteiger partial charge in [-0.3, -0.25) is 9.89 Å². The molecule has 1 atom stereocenters. The number of hydrogen-bond donors (Lipinski definition) is 2. The van der Waals surface area contributed by atoms with E-state index in [1.54, 1.807) is 7.11 Å². The van der Waals surface area contributed by atoms with Crippen molar-refractivity contribution in [2.75, 3.05) is 47.0 Å². The molecular formula is C22H39IN4O2. The van der Waals surface area contributed by atoms with Crippen LogP contribution in [-0.2, 0) is 22.6 Å². The van der Waals surface area contributed by atoms with Crippen molar-refractivity contribution in [3.8, 4) is 0 Å². The summed E-state index contributed by atoms with van der Waals surface area (Å²) >= 11 is 0. The Labute approximate surface area is 193 Å². The Morgan fingerprint density at radius 2 is 1.79 bits per heavy atom. The number of aliphatic imine (C=N–C) groups is 1. The summed E-state index contributed by atoms with van der Waals surface area (Å²) in [7, 11) is 3.56. The minimum Gasteiger partial charge on any atom is -0.380 e. The fourth-order valence-corrected chi connectivity index (χ4v) is 3.96. The second-order valence-corrected chi connectivity index (χ2v) is 7.30. The Hall–Kier alpha value is -0.900. The SMILES string of the molecule is CCC(CC)C(CNC(=NC)NCc1ccccc1COC)N1CCOCC1.I. The first-order valence-electron chi connectivity index (χ1n) is 10.5. The average Bonchev–Trinajstić information content (AvgIpc) is 2.75. The maximum atomic E-state index is 5.55. The fourth-order valence-electron chi connectivity index (χ4n) is 3.96. The van der Waals surface area contributed by atoms with Gasteiger partial charge in [-0.05, 0) is 17.0 Å². The van der Waals surface area contributed by atoms with Crippen LogP contribution in [-0.4, -0.2) is 63.9 Å². The summed E-state index contributed by atoms with van der Waals surface area (Å²) in [5.41, 5.74) is 2.44. The van der Waals surface area contributed by atoms with E-state index in [0.29, 0.717) is 18.6 Å². The van der Waals surface area contributed by atoms with Crippen molar-refractivity contribution in [1.29, 1.82) is 0 Å². The molecule has 1 unspecified atom stereocenters. The van der Waals surface area contributed by atoms with E-state index in [-0.39, 0.29) is 24.0 Å². The third-order valence-corrected chi connectivity index (χ3v) is 5.67. The Morgan fingerprint density at radius 3 is 2.38 bits per heavy atom. The van der Waals surface area contributed by atoms with E-state index >= 15 is 0 Å². The van der Waals surface area contributed by atoms with Crippen LogP contribution in [0.25, 0.3) is 0 Å². The van der Waals surface area contributed by atoms with Gasteiger partial charge in [0.1, 0.15) is 0 Å². The third-order valence-electron chi connectivity index (χ3n) is 5.67. The van der Waals surface area contributed by atoms with Gasteiger partial charge in [0.05, 0.1) is 19.8 Å². The number of methoxy groups -OCH3 is 1. The molecule has 29 heavy (non-hydrogen) atoms. The molecular weight excluding hydrogens is 479 g/mol. The summed E-state index contributed by atoms with van der Waals surface area (Å²) in [5, 5.41) is 7.02. The van der Waals surface area contributed by atoms with Gasteiger partial charge in [-0.25, -0.2) is 0 Å². The van der Waals surface area contributed by atoms with Crippen LogP contribution >= 0.6 is 24.0 Å². The van der Waals surface area contributed by atoms with Crippen molar-refractivity contribution in [2.45, 2.75) is 45.9 Å². The Morgan fingerprint density at radius 1 is 1.14 bits per heavy atom. The largest absolute Gasteiger partial charge is 0.380 e. The van der Waals surface area contributed by atoms with E-state index in [2.05, 4.69) is 52.6 Å². The molecule has 1 saturated heterocycles. The molecule has 1 aromatic rings. The number of ether oxygens (including phenoxy) is 2. The summed E-state index contributed by atoms with van der Waals surface area (Å²) in [6.07, 6.45) is 2.38. The van der Waals surface area contributed by atoms with Crippen molar-refractivity contribution in [1.82, 2.24) is 15.5 Å². The maximum absolute atomic E-state index is 5.55. The summed E-state index contributed by atoms with van der Waals surface area (Å²) in [6, 6.07) is 8.85. The highest BCUT2D eigenvalue weighted by Crippen LogP contribution is 2.19. The molecule has 2 rings (SSSR count). The first-order valence-corrected chi connectivity index (χ1v) is 10.5. The standard InChI is InChI=1S/C22H38N4O2.HI/c1-5-18(6-2)21(26-11-13-28-14-12-26)16-25-22(23-3)24-15-19-9-7-8-10-20(19)17-27-4;/h7-10,18,21H,5-6,11-17H2,1-4H3,(H2,23,24,25);1H. The average molecular weight is 518 g/mol. The van der Waals surface area contributed by atoms with E-state index in [9.17, 15) is 0 Å². The van der Waals surface area contributed by atoms with Crippen LogP contribution in [0.4, 0.5) is 0 Å². The molecule has 1 aliphatic heterocycles. The zero-order valence-electron chi connectivity index (χ0n) is 18.4. The van der Waals surface area contributed by atoms with Crippen LogP contribution < -0.4 is 10.6 Å². The smallest absolute Gasteiger partial charge is 0.191 e. The van der Waals surface area contributed by atoms with Crippen molar-refractivity contribution >= 4 is 29.9 Å². The second kappa shape index (κ2) is 15.0. The van der Waals surface area contributed by atoms with Gasteiger partial charge in [-0.1, -0.05) is 51.0 Å². The Balaban J connectivity index is 0.00000420. The molecule has 0 spiro atoms. The zero-order valence-corrected chi connectivity index (χ0v) is 20.8. The topological polar surface area (TPSA) is 58.1 Å². The lowest BCUT2D eigenvalue weighted by Crippen LogP contribution is -2.53. The quantitative estimate of drug-likeness (QED) is 0.283. The third kappa shape index (κ3) is 8.39. The number of hydrogen-bond acceptors (Lipinski definition) is 4. The van der Waals surface area contributed by atoms with Gasteiger partial charge < -0.3 is 20.1 Å². The minimum atomic E-state index is 0. The summed E-state index contributed by atoms with van der Waals surface area (Å²) in [5.74, 6) is 1.52. The van der Waals surface area contributed by atoms with Gasteiger partial charge in [0.25, 0.3) is 0 Å². The van der Waals surface area contributed by atoms with Gasteiger partial charge in [0.2, 0.25) is 0 Å². The molecule has 0 saturated carbocycles. The first kappa shape index (κ1) is 26.1. The molecule has 1 fully saturated rings. The molecule has 1 aromatic carbocycles. The summed E-state index contributed by atoms with van der Waals surface area (Å²) in [4.78, 5) is 7.01. The lowest BCUT2D eigenvalue weighted by Gasteiger charge is -2.39. The van der Waals surface area contributed by atoms with E-state index in [0.717, 1.165) is 45.4 Å². The maximum Gasteiger partial charge on any atom is 0.191 e. The number of guanidine groups is 1. The van der Waals surface area contributed by atoms with E-state index in [1.807, 2.05) is 13.1 Å². The number of benzene rings is 1. The Kier molecular flexibility index (Phi) is 13.5. The number of nitrogens with zero attached hydrogens (tertiary/aromatic N) is 2. The monoisotopic (exact) mass is 518 g/mol. The van der Waals surface area contributed by atoms with Gasteiger partial charge >= 0.3 is 0 Å². The van der Waals surface area contributed by atoms with Crippen LogP contribution in [0.5, 0.6) is 0 Å². The van der Waals surface area contributed by atoms with Crippen LogP contribution in [0.15, 0.2) is 29.3 Å². The highest BCUT2D eigenvalue weighted by atomic mass is 127. The lowest BCUT2D eigenvalue weighted by molar-refractivity contribution is 0.00272. The highest BCUT2D eigenvalue weighted by Gasteiger charge is 2.27. The van der Waals surface area contributed by atoms with Gasteiger partial charge in [-0.2, -0.15) is 0 Å². The number of halogens is 1. The second-order valence-electron chi connectivity index (χ2n) is 7.30. The molecule has 6 nitrogen and oxygen atoms in total. The minimum absolute atomic E-state index is 0. The molecule has 0 radical (unpaired) electrons. The number of morpholine rings is 1. The van der Waals surface area contributed by atoms with E-state index in [4.69, 9.17) is 9.47 Å². The summed E-state index contributed by atoms with van der Waals surface area (Å²) in [6.45, 7) is 10.5. The van der Waals surface area contributed by atoms with E-state index in [1.165, 1.54) is 24.0 Å². The first-order chi connectivity index (χ1) is 13.7. The normalized spacial score (nSPS) is 16.4. The number of rotatable bonds is 10. The zero-order chi connectivity index (χ0) is 20.2. The fraction of sp³-hybridized carbons (Fsp3) is 0.682. The van der Waals surface area contributed by atoms with Crippen molar-refractivity contribution in [3.05, 3.63) is 35.4 Å². The predicted molar refractivity (Wildman–Crippen MR) is 131 cm³/mol. The molecule has 0 bridgehead atoms. The van der Waals surface area contributed by atoms with Gasteiger partial charge in [-0.15, -0.1) is 24.0 Å². The molecule has 2 N–H and O–H groups in total. The highest BCUT2D eigenvalue weighted by molar-refractivity contribution is 14.0. The molecule has 7 heteroatoms. The summed E-state index contributed by atoms with van der Waals surface area (Å²) < 4.78 is 10.9. The van der Waals surface area contributed by atoms with Crippen molar-refractivity contribution in [2.24, 2.45) is 10.9 Å². The van der Waals surface area contributed by atoms with Crippen LogP contribution in [0, 0.1) is 5.92 Å². The molecule has 0 amide bonds. The van der Waals surface area contributed by atoms with Crippen molar-refractivity contribution < 1.29 is 9.47 Å².